The fourth-order valence-electron chi connectivity index (χ4n) is 1.70. The second-order valence-electron chi connectivity index (χ2n) is 4.23. The van der Waals surface area contributed by atoms with Crippen LogP contribution in [-0.4, -0.2) is 17.5 Å². The lowest BCUT2D eigenvalue weighted by Crippen LogP contribution is -2.25. The predicted octanol–water partition coefficient (Wildman–Crippen LogP) is 3.57. The largest absolute Gasteiger partial charge is 0.311 e. The first kappa shape index (κ1) is 12.4. The Hall–Kier alpha value is -0.0600. The highest BCUT2D eigenvalue weighted by Gasteiger charge is 2.41. The lowest BCUT2D eigenvalue weighted by atomic mass is 10.2. The van der Waals surface area contributed by atoms with Crippen molar-refractivity contribution < 1.29 is 4.39 Å². The summed E-state index contributed by atoms with van der Waals surface area (Å²) in [6.45, 7) is 1.58. The topological polar surface area (TPSA) is 12.0 Å². The van der Waals surface area contributed by atoms with Crippen molar-refractivity contribution in [3.05, 3.63) is 34.1 Å². The third-order valence-electron chi connectivity index (χ3n) is 3.01. The molecule has 16 heavy (non-hydrogen) atoms. The van der Waals surface area contributed by atoms with Crippen molar-refractivity contribution in [1.82, 2.24) is 5.32 Å². The molecule has 0 aromatic heterocycles. The molecule has 1 aromatic rings. The van der Waals surface area contributed by atoms with Gasteiger partial charge < -0.3 is 5.32 Å². The Labute approximate surface area is 108 Å². The standard InChI is InChI=1S/C12H15BrFNS/c1-16-12(4-5-12)8-15-7-9-6-10(13)2-3-11(9)14/h2-3,6,15H,4-5,7-8H2,1H3. The van der Waals surface area contributed by atoms with Crippen molar-refractivity contribution >= 4 is 27.7 Å². The summed E-state index contributed by atoms with van der Waals surface area (Å²) >= 11 is 5.27. The Balaban J connectivity index is 1.87. The highest BCUT2D eigenvalue weighted by atomic mass is 79.9. The first-order valence-electron chi connectivity index (χ1n) is 5.35. The van der Waals surface area contributed by atoms with Gasteiger partial charge in [-0.05, 0) is 37.3 Å². The molecule has 88 valence electrons. The van der Waals surface area contributed by atoms with Crippen LogP contribution >= 0.6 is 27.7 Å². The lowest BCUT2D eigenvalue weighted by Gasteiger charge is -2.13. The molecule has 1 nitrogen and oxygen atoms in total. The van der Waals surface area contributed by atoms with Gasteiger partial charge in [0.2, 0.25) is 0 Å². The Kier molecular flexibility index (Phi) is 3.93. The van der Waals surface area contributed by atoms with Gasteiger partial charge in [-0.1, -0.05) is 15.9 Å². The van der Waals surface area contributed by atoms with E-state index in [1.165, 1.54) is 18.9 Å². The van der Waals surface area contributed by atoms with Crippen molar-refractivity contribution in [2.45, 2.75) is 24.1 Å². The Morgan fingerprint density at radius 1 is 1.50 bits per heavy atom. The molecule has 0 amide bonds. The number of thioether (sulfide) groups is 1. The fourth-order valence-corrected chi connectivity index (χ4v) is 2.86. The average Bonchev–Trinajstić information content (AvgIpc) is 3.04. The van der Waals surface area contributed by atoms with Crippen molar-refractivity contribution in [2.75, 3.05) is 12.8 Å². The maximum Gasteiger partial charge on any atom is 0.127 e. The van der Waals surface area contributed by atoms with E-state index in [1.54, 1.807) is 6.07 Å². The normalized spacial score (nSPS) is 17.4. The van der Waals surface area contributed by atoms with Gasteiger partial charge in [0.05, 0.1) is 0 Å². The van der Waals surface area contributed by atoms with Gasteiger partial charge >= 0.3 is 0 Å². The van der Waals surface area contributed by atoms with Crippen LogP contribution in [-0.2, 0) is 6.54 Å². The zero-order valence-corrected chi connectivity index (χ0v) is 11.6. The molecule has 1 saturated carbocycles. The number of hydrogen-bond acceptors (Lipinski definition) is 2. The van der Waals surface area contributed by atoms with Crippen molar-refractivity contribution in [3.63, 3.8) is 0 Å². The van der Waals surface area contributed by atoms with Gasteiger partial charge in [-0.25, -0.2) is 4.39 Å². The Bertz CT molecular complexity index is 379. The van der Waals surface area contributed by atoms with E-state index in [4.69, 9.17) is 0 Å². The van der Waals surface area contributed by atoms with Crippen molar-refractivity contribution in [2.24, 2.45) is 0 Å². The fraction of sp³-hybridized carbons (Fsp3) is 0.500. The van der Waals surface area contributed by atoms with Crippen LogP contribution in [0.3, 0.4) is 0 Å². The Morgan fingerprint density at radius 3 is 2.88 bits per heavy atom. The first-order chi connectivity index (χ1) is 7.65. The van der Waals surface area contributed by atoms with Gasteiger partial charge in [-0.2, -0.15) is 11.8 Å². The molecule has 1 aromatic carbocycles. The van der Waals surface area contributed by atoms with Crippen molar-refractivity contribution in [1.29, 1.82) is 0 Å². The molecular weight excluding hydrogens is 289 g/mol. The third kappa shape index (κ3) is 2.99. The molecule has 0 spiro atoms. The maximum atomic E-state index is 13.4. The van der Waals surface area contributed by atoms with E-state index in [2.05, 4.69) is 27.5 Å². The van der Waals surface area contributed by atoms with Gasteiger partial charge in [-0.3, -0.25) is 0 Å². The molecule has 0 aliphatic heterocycles. The SMILES string of the molecule is CSC1(CNCc2cc(Br)ccc2F)CC1. The summed E-state index contributed by atoms with van der Waals surface area (Å²) in [5.41, 5.74) is 0.728. The highest BCUT2D eigenvalue weighted by molar-refractivity contribution is 9.10. The molecule has 1 aliphatic rings. The van der Waals surface area contributed by atoms with E-state index in [1.807, 2.05) is 17.8 Å². The van der Waals surface area contributed by atoms with E-state index in [9.17, 15) is 4.39 Å². The molecule has 0 bridgehead atoms. The van der Waals surface area contributed by atoms with Crippen LogP contribution in [0.25, 0.3) is 0 Å². The van der Waals surface area contributed by atoms with E-state index in [0.717, 1.165) is 16.6 Å². The van der Waals surface area contributed by atoms with Gasteiger partial charge in [0.15, 0.2) is 0 Å². The van der Waals surface area contributed by atoms with Crippen molar-refractivity contribution in [3.8, 4) is 0 Å². The third-order valence-corrected chi connectivity index (χ3v) is 4.92. The molecule has 1 N–H and O–H groups in total. The molecule has 0 radical (unpaired) electrons. The average molecular weight is 304 g/mol. The summed E-state index contributed by atoms with van der Waals surface area (Å²) in [5.74, 6) is -0.135. The van der Waals surface area contributed by atoms with Gasteiger partial charge in [0.1, 0.15) is 5.82 Å². The smallest absolute Gasteiger partial charge is 0.127 e. The number of nitrogens with one attached hydrogen (secondary N) is 1. The summed E-state index contributed by atoms with van der Waals surface area (Å²) < 4.78 is 14.8. The first-order valence-corrected chi connectivity index (χ1v) is 7.37. The van der Waals surface area contributed by atoms with E-state index < -0.39 is 0 Å². The zero-order valence-electron chi connectivity index (χ0n) is 9.22. The van der Waals surface area contributed by atoms with Gasteiger partial charge in [-0.15, -0.1) is 0 Å². The molecule has 4 heteroatoms. The predicted molar refractivity (Wildman–Crippen MR) is 71.3 cm³/mol. The zero-order chi connectivity index (χ0) is 11.6. The number of rotatable bonds is 5. The molecule has 1 fully saturated rings. The van der Waals surface area contributed by atoms with Gasteiger partial charge in [0.25, 0.3) is 0 Å². The molecular formula is C12H15BrFNS. The van der Waals surface area contributed by atoms with Crippen LogP contribution in [0.5, 0.6) is 0 Å². The number of benzene rings is 1. The Morgan fingerprint density at radius 2 is 2.25 bits per heavy atom. The molecule has 0 heterocycles. The number of halogens is 2. The number of hydrogen-bond donors (Lipinski definition) is 1. The second kappa shape index (κ2) is 5.07. The van der Waals surface area contributed by atoms with E-state index >= 15 is 0 Å². The molecule has 2 rings (SSSR count). The minimum Gasteiger partial charge on any atom is -0.311 e. The van der Waals surface area contributed by atoms with Crippen LogP contribution in [0.1, 0.15) is 18.4 Å². The summed E-state index contributed by atoms with van der Waals surface area (Å²) in [6, 6.07) is 5.06. The van der Waals surface area contributed by atoms with Crippen LogP contribution in [0.4, 0.5) is 4.39 Å². The van der Waals surface area contributed by atoms with Crippen LogP contribution in [0, 0.1) is 5.82 Å². The summed E-state index contributed by atoms with van der Waals surface area (Å²) in [5, 5.41) is 3.34. The minimum atomic E-state index is -0.135. The minimum absolute atomic E-state index is 0.135. The van der Waals surface area contributed by atoms with E-state index in [0.29, 0.717) is 11.3 Å². The molecule has 0 unspecified atom stereocenters. The molecule has 1 aliphatic carbocycles. The summed E-state index contributed by atoms with van der Waals surface area (Å²) in [7, 11) is 0. The molecule has 0 saturated heterocycles. The van der Waals surface area contributed by atoms with Crippen LogP contribution < -0.4 is 5.32 Å². The van der Waals surface area contributed by atoms with Crippen LogP contribution in [0.15, 0.2) is 22.7 Å². The second-order valence-corrected chi connectivity index (χ2v) is 6.42. The van der Waals surface area contributed by atoms with Crippen LogP contribution in [0.2, 0.25) is 0 Å². The van der Waals surface area contributed by atoms with Gasteiger partial charge in [0, 0.05) is 27.9 Å². The highest BCUT2D eigenvalue weighted by Crippen LogP contribution is 2.46. The quantitative estimate of drug-likeness (QED) is 0.892. The van der Waals surface area contributed by atoms with E-state index in [-0.39, 0.29) is 5.82 Å². The summed E-state index contributed by atoms with van der Waals surface area (Å²) in [4.78, 5) is 0. The summed E-state index contributed by atoms with van der Waals surface area (Å²) in [6.07, 6.45) is 4.71. The monoisotopic (exact) mass is 303 g/mol. The lowest BCUT2D eigenvalue weighted by molar-refractivity contribution is 0.583. The maximum absolute atomic E-state index is 13.4. The molecule has 0 atom stereocenters.